The topological polar surface area (TPSA) is 97.5 Å². The molecule has 0 spiro atoms. The van der Waals surface area contributed by atoms with E-state index in [9.17, 15) is 18.8 Å². The number of nitrogens with one attached hydrogen (secondary N) is 3. The van der Waals surface area contributed by atoms with E-state index < -0.39 is 6.04 Å². The van der Waals surface area contributed by atoms with Gasteiger partial charge in [0, 0.05) is 48.9 Å². The number of H-pyrrole nitrogens is 1. The lowest BCUT2D eigenvalue weighted by Gasteiger charge is -2.26. The zero-order valence-corrected chi connectivity index (χ0v) is 22.7. The summed E-state index contributed by atoms with van der Waals surface area (Å²) in [5.41, 5.74) is 5.88. The van der Waals surface area contributed by atoms with Crippen molar-refractivity contribution in [1.29, 1.82) is 0 Å². The lowest BCUT2D eigenvalue weighted by Crippen LogP contribution is -2.46. The molecule has 4 rings (SSSR count). The molecule has 3 N–H and O–H groups in total. The summed E-state index contributed by atoms with van der Waals surface area (Å²) in [5, 5.41) is 5.81. The summed E-state index contributed by atoms with van der Waals surface area (Å²) in [4.78, 5) is 44.5. The molecule has 9 heteroatoms. The lowest BCUT2D eigenvalue weighted by molar-refractivity contribution is -0.135. The van der Waals surface area contributed by atoms with Gasteiger partial charge in [-0.1, -0.05) is 6.08 Å². The van der Waals surface area contributed by atoms with E-state index in [2.05, 4.69) is 15.6 Å². The number of anilines is 1. The van der Waals surface area contributed by atoms with Gasteiger partial charge < -0.3 is 25.4 Å². The molecule has 2 aromatic rings. The van der Waals surface area contributed by atoms with E-state index in [1.165, 1.54) is 28.7 Å². The standard InChI is InChI=1S/C29H36FN5O3/c1-17-21-10-8-19(16-31-28(37)18(2)35(5)27(36)7-6-12-34(3)4)13-26(21)32-25(17)15-23-22-14-20(30)9-11-24(22)33-29(23)38/h6-7,9,11,14-15,18-19,32H,8,10,12-13,16H2,1-5H3,(H,31,37)(H,33,38)/b7-6+,23-15-/t18-,19?/m0/s1. The average molecular weight is 522 g/mol. The van der Waals surface area contributed by atoms with E-state index in [0.29, 0.717) is 29.9 Å². The minimum Gasteiger partial charge on any atom is -0.358 e. The predicted octanol–water partition coefficient (Wildman–Crippen LogP) is 3.14. The van der Waals surface area contributed by atoms with Crippen LogP contribution in [0.1, 0.15) is 41.4 Å². The van der Waals surface area contributed by atoms with Crippen molar-refractivity contribution >= 4 is 35.1 Å². The zero-order valence-electron chi connectivity index (χ0n) is 22.7. The zero-order chi connectivity index (χ0) is 27.6. The van der Waals surface area contributed by atoms with Gasteiger partial charge in [0.1, 0.15) is 11.9 Å². The Hall–Kier alpha value is -3.72. The highest BCUT2D eigenvalue weighted by Crippen LogP contribution is 2.36. The Balaban J connectivity index is 1.38. The molecule has 2 heterocycles. The number of hydrogen-bond acceptors (Lipinski definition) is 4. The first-order valence-electron chi connectivity index (χ1n) is 12.9. The smallest absolute Gasteiger partial charge is 0.256 e. The molecule has 1 unspecified atom stereocenters. The molecule has 1 aliphatic heterocycles. The molecule has 38 heavy (non-hydrogen) atoms. The number of likely N-dealkylation sites (N-methyl/N-ethyl adjacent to an activating group) is 2. The highest BCUT2D eigenvalue weighted by atomic mass is 19.1. The molecule has 0 bridgehead atoms. The van der Waals surface area contributed by atoms with Crippen LogP contribution in [-0.4, -0.2) is 72.8 Å². The Bertz CT molecular complexity index is 1310. The first-order chi connectivity index (χ1) is 18.0. The largest absolute Gasteiger partial charge is 0.358 e. The summed E-state index contributed by atoms with van der Waals surface area (Å²) in [6, 6.07) is 3.70. The van der Waals surface area contributed by atoms with Crippen LogP contribution in [0, 0.1) is 18.7 Å². The molecule has 0 saturated carbocycles. The summed E-state index contributed by atoms with van der Waals surface area (Å²) in [6.07, 6.45) is 7.63. The maximum atomic E-state index is 13.8. The number of carbonyl (C=O) groups excluding carboxylic acids is 3. The molecular formula is C29H36FN5O3. The second-order valence-corrected chi connectivity index (χ2v) is 10.5. The highest BCUT2D eigenvalue weighted by Gasteiger charge is 2.28. The number of aromatic amines is 1. The average Bonchev–Trinajstić information content (AvgIpc) is 3.36. The van der Waals surface area contributed by atoms with Crippen LogP contribution < -0.4 is 10.6 Å². The number of aromatic nitrogens is 1. The summed E-state index contributed by atoms with van der Waals surface area (Å²) >= 11 is 0. The van der Waals surface area contributed by atoms with Gasteiger partial charge in [0.2, 0.25) is 11.8 Å². The summed E-state index contributed by atoms with van der Waals surface area (Å²) < 4.78 is 13.8. The van der Waals surface area contributed by atoms with Crippen LogP contribution in [0.5, 0.6) is 0 Å². The van der Waals surface area contributed by atoms with Gasteiger partial charge in [0.25, 0.3) is 5.91 Å². The van der Waals surface area contributed by atoms with E-state index in [-0.39, 0.29) is 29.5 Å². The third-order valence-electron chi connectivity index (χ3n) is 7.46. The Morgan fingerprint density at radius 1 is 1.26 bits per heavy atom. The normalized spacial score (nSPS) is 18.4. The fourth-order valence-electron chi connectivity index (χ4n) is 4.98. The van der Waals surface area contributed by atoms with Crippen LogP contribution in [0.15, 0.2) is 30.4 Å². The maximum absolute atomic E-state index is 13.8. The number of benzene rings is 1. The molecule has 1 aliphatic carbocycles. The van der Waals surface area contributed by atoms with Crippen molar-refractivity contribution in [2.24, 2.45) is 5.92 Å². The minimum absolute atomic E-state index is 0.182. The quantitative estimate of drug-likeness (QED) is 0.465. The molecule has 3 amide bonds. The van der Waals surface area contributed by atoms with Crippen molar-refractivity contribution in [3.63, 3.8) is 0 Å². The van der Waals surface area contributed by atoms with Crippen LogP contribution in [-0.2, 0) is 27.2 Å². The maximum Gasteiger partial charge on any atom is 0.256 e. The Kier molecular flexibility index (Phi) is 8.16. The number of fused-ring (bicyclic) bond motifs is 2. The first-order valence-corrected chi connectivity index (χ1v) is 12.9. The van der Waals surface area contributed by atoms with Gasteiger partial charge >= 0.3 is 0 Å². The van der Waals surface area contributed by atoms with Gasteiger partial charge in [-0.25, -0.2) is 4.39 Å². The van der Waals surface area contributed by atoms with E-state index in [4.69, 9.17) is 0 Å². The van der Waals surface area contributed by atoms with Crippen LogP contribution in [0.2, 0.25) is 0 Å². The van der Waals surface area contributed by atoms with E-state index in [1.54, 1.807) is 32.2 Å². The second kappa shape index (κ2) is 11.3. The van der Waals surface area contributed by atoms with E-state index in [1.807, 2.05) is 25.9 Å². The molecule has 0 saturated heterocycles. The molecule has 8 nitrogen and oxygen atoms in total. The molecule has 202 valence electrons. The van der Waals surface area contributed by atoms with Gasteiger partial charge in [-0.15, -0.1) is 0 Å². The van der Waals surface area contributed by atoms with Crippen molar-refractivity contribution in [1.82, 2.24) is 20.1 Å². The Labute approximate surface area is 223 Å². The summed E-state index contributed by atoms with van der Waals surface area (Å²) in [5.74, 6) is -0.767. The molecule has 0 fully saturated rings. The fraction of sp³-hybridized carbons (Fsp3) is 0.414. The molecule has 2 atom stereocenters. The van der Waals surface area contributed by atoms with Crippen molar-refractivity contribution in [3.05, 3.63) is 64.2 Å². The van der Waals surface area contributed by atoms with Crippen molar-refractivity contribution in [3.8, 4) is 0 Å². The van der Waals surface area contributed by atoms with Crippen LogP contribution >= 0.6 is 0 Å². The van der Waals surface area contributed by atoms with Crippen LogP contribution in [0.4, 0.5) is 10.1 Å². The number of amides is 3. The summed E-state index contributed by atoms with van der Waals surface area (Å²) in [7, 11) is 5.48. The third kappa shape index (κ3) is 5.88. The number of halogens is 1. The fourth-order valence-corrected chi connectivity index (χ4v) is 4.98. The number of nitrogens with zero attached hydrogens (tertiary/aromatic N) is 2. The molecule has 2 aliphatic rings. The number of carbonyl (C=O) groups is 3. The Morgan fingerprint density at radius 2 is 2.03 bits per heavy atom. The predicted molar refractivity (Wildman–Crippen MR) is 147 cm³/mol. The van der Waals surface area contributed by atoms with Gasteiger partial charge in [-0.05, 0) is 88.5 Å². The van der Waals surface area contributed by atoms with Crippen molar-refractivity contribution in [2.45, 2.75) is 39.2 Å². The molecule has 1 aromatic heterocycles. The Morgan fingerprint density at radius 3 is 2.76 bits per heavy atom. The van der Waals surface area contributed by atoms with Crippen LogP contribution in [0.25, 0.3) is 11.6 Å². The van der Waals surface area contributed by atoms with Gasteiger partial charge in [0.05, 0.1) is 5.57 Å². The van der Waals surface area contributed by atoms with Gasteiger partial charge in [-0.2, -0.15) is 0 Å². The van der Waals surface area contributed by atoms with E-state index in [0.717, 1.165) is 36.2 Å². The lowest BCUT2D eigenvalue weighted by atomic mass is 9.86. The van der Waals surface area contributed by atoms with Gasteiger partial charge in [-0.3, -0.25) is 14.4 Å². The summed E-state index contributed by atoms with van der Waals surface area (Å²) in [6.45, 7) is 4.93. The van der Waals surface area contributed by atoms with Crippen molar-refractivity contribution < 1.29 is 18.8 Å². The van der Waals surface area contributed by atoms with E-state index >= 15 is 0 Å². The molecule has 0 radical (unpaired) electrons. The van der Waals surface area contributed by atoms with Crippen molar-refractivity contribution in [2.75, 3.05) is 39.5 Å². The van der Waals surface area contributed by atoms with Gasteiger partial charge in [0.15, 0.2) is 0 Å². The number of hydrogen-bond donors (Lipinski definition) is 3. The first kappa shape index (κ1) is 27.3. The minimum atomic E-state index is -0.582. The second-order valence-electron chi connectivity index (χ2n) is 10.5. The highest BCUT2D eigenvalue weighted by molar-refractivity contribution is 6.34. The SMILES string of the molecule is Cc1c(/C=C2\C(=O)Nc3ccc(F)cc32)[nH]c2c1CCC(CNC(=O)[C@H](C)N(C)C(=O)/C=C/CN(C)C)C2. The monoisotopic (exact) mass is 521 g/mol. The van der Waals surface area contributed by atoms with Crippen LogP contribution in [0.3, 0.4) is 0 Å². The molecule has 1 aromatic carbocycles. The number of rotatable bonds is 8. The molecular weight excluding hydrogens is 485 g/mol. The third-order valence-corrected chi connectivity index (χ3v) is 7.46.